The van der Waals surface area contributed by atoms with Gasteiger partial charge in [-0.05, 0) is 56.0 Å². The molecule has 27 heavy (non-hydrogen) atoms. The third kappa shape index (κ3) is 4.42. The average molecular weight is 450 g/mol. The molecular formula is C20H20BrNO4S. The lowest BCUT2D eigenvalue weighted by molar-refractivity contribution is -0.111. The highest BCUT2D eigenvalue weighted by Gasteiger charge is 2.28. The molecule has 0 saturated carbocycles. The highest BCUT2D eigenvalue weighted by molar-refractivity contribution is 9.10. The van der Waals surface area contributed by atoms with Crippen molar-refractivity contribution in [1.82, 2.24) is 0 Å². The van der Waals surface area contributed by atoms with Crippen molar-refractivity contribution in [3.8, 4) is 5.75 Å². The Bertz CT molecular complexity index is 904. The van der Waals surface area contributed by atoms with Crippen molar-refractivity contribution in [1.29, 1.82) is 0 Å². The van der Waals surface area contributed by atoms with Gasteiger partial charge < -0.3 is 14.8 Å². The lowest BCUT2D eigenvalue weighted by Crippen LogP contribution is -2.13. The first-order valence-corrected chi connectivity index (χ1v) is 10.3. The number of nitrogens with one attached hydrogen (secondary N) is 1. The number of ether oxygens (including phenoxy) is 2. The monoisotopic (exact) mass is 449 g/mol. The number of esters is 1. The van der Waals surface area contributed by atoms with Gasteiger partial charge in [-0.15, -0.1) is 11.3 Å². The Labute approximate surface area is 170 Å². The second kappa shape index (κ2) is 8.71. The number of thiophene rings is 1. The molecule has 0 atom stereocenters. The third-order valence-electron chi connectivity index (χ3n) is 4.24. The van der Waals surface area contributed by atoms with Crippen LogP contribution in [-0.4, -0.2) is 25.6 Å². The van der Waals surface area contributed by atoms with E-state index in [0.717, 1.165) is 39.7 Å². The van der Waals surface area contributed by atoms with Crippen LogP contribution in [-0.2, 0) is 22.4 Å². The average Bonchev–Trinajstić information content (AvgIpc) is 3.20. The van der Waals surface area contributed by atoms with Gasteiger partial charge in [0.2, 0.25) is 5.91 Å². The number of methoxy groups -OCH3 is 1. The topological polar surface area (TPSA) is 64.6 Å². The number of aryl methyl sites for hydroxylation is 1. The second-order valence-corrected chi connectivity index (χ2v) is 8.01. The zero-order valence-electron chi connectivity index (χ0n) is 15.1. The van der Waals surface area contributed by atoms with E-state index in [-0.39, 0.29) is 11.9 Å². The van der Waals surface area contributed by atoms with Crippen molar-refractivity contribution in [2.45, 2.75) is 26.2 Å². The van der Waals surface area contributed by atoms with E-state index >= 15 is 0 Å². The van der Waals surface area contributed by atoms with Crippen molar-refractivity contribution in [2.75, 3.05) is 19.0 Å². The summed E-state index contributed by atoms with van der Waals surface area (Å²) < 4.78 is 11.4. The highest BCUT2D eigenvalue weighted by Crippen LogP contribution is 2.39. The quantitative estimate of drug-likeness (QED) is 0.506. The molecule has 1 heterocycles. The van der Waals surface area contributed by atoms with Gasteiger partial charge in [-0.3, -0.25) is 4.79 Å². The fraction of sp³-hybridized carbons (Fsp3) is 0.300. The lowest BCUT2D eigenvalue weighted by Gasteiger charge is -2.07. The van der Waals surface area contributed by atoms with Crippen molar-refractivity contribution in [3.05, 3.63) is 50.3 Å². The van der Waals surface area contributed by atoms with Crippen LogP contribution in [0, 0.1) is 0 Å². The molecule has 0 fully saturated rings. The Morgan fingerprint density at radius 1 is 1.33 bits per heavy atom. The normalized spacial score (nSPS) is 12.9. The van der Waals surface area contributed by atoms with E-state index in [1.807, 2.05) is 18.2 Å². The van der Waals surface area contributed by atoms with Crippen molar-refractivity contribution >= 4 is 50.2 Å². The molecule has 1 amide bonds. The molecule has 7 heteroatoms. The first-order valence-electron chi connectivity index (χ1n) is 8.67. The van der Waals surface area contributed by atoms with Crippen LogP contribution in [0.4, 0.5) is 5.00 Å². The number of hydrogen-bond donors (Lipinski definition) is 1. The number of halogens is 1. The van der Waals surface area contributed by atoms with Gasteiger partial charge in [0.25, 0.3) is 0 Å². The molecule has 1 aliphatic rings. The second-order valence-electron chi connectivity index (χ2n) is 5.99. The minimum absolute atomic E-state index is 0.303. The molecule has 5 nitrogen and oxygen atoms in total. The number of anilines is 1. The van der Waals surface area contributed by atoms with Gasteiger partial charge in [0.1, 0.15) is 10.8 Å². The lowest BCUT2D eigenvalue weighted by atomic mass is 10.1. The summed E-state index contributed by atoms with van der Waals surface area (Å²) in [6, 6.07) is 5.56. The van der Waals surface area contributed by atoms with Gasteiger partial charge in [-0.2, -0.15) is 0 Å². The maximum absolute atomic E-state index is 12.4. The molecule has 1 aromatic heterocycles. The van der Waals surface area contributed by atoms with Crippen LogP contribution in [0.15, 0.2) is 28.7 Å². The van der Waals surface area contributed by atoms with E-state index in [4.69, 9.17) is 9.47 Å². The number of benzene rings is 1. The number of carbonyl (C=O) groups excluding carboxylic acids is 2. The highest BCUT2D eigenvalue weighted by atomic mass is 79.9. The molecule has 1 aliphatic carbocycles. The predicted octanol–water partition coefficient (Wildman–Crippen LogP) is 4.84. The number of fused-ring (bicyclic) bond motifs is 1. The van der Waals surface area contributed by atoms with E-state index in [1.165, 1.54) is 17.4 Å². The molecule has 0 unspecified atom stereocenters. The van der Waals surface area contributed by atoms with Gasteiger partial charge in [0.05, 0.1) is 19.3 Å². The Kier molecular flexibility index (Phi) is 6.34. The van der Waals surface area contributed by atoms with Crippen molar-refractivity contribution < 1.29 is 19.1 Å². The maximum atomic E-state index is 12.4. The van der Waals surface area contributed by atoms with Gasteiger partial charge in [0, 0.05) is 21.0 Å². The summed E-state index contributed by atoms with van der Waals surface area (Å²) in [7, 11) is 1.58. The summed E-state index contributed by atoms with van der Waals surface area (Å²) in [4.78, 5) is 26.0. The maximum Gasteiger partial charge on any atom is 0.341 e. The number of amides is 1. The minimum atomic E-state index is -0.371. The molecule has 3 rings (SSSR count). The molecule has 1 aromatic carbocycles. The Morgan fingerprint density at radius 3 is 2.89 bits per heavy atom. The SMILES string of the molecule is CCOC(=O)c1c(NC(=O)/C=C/c2cc(Br)ccc2OC)sc2c1CCC2. The van der Waals surface area contributed by atoms with E-state index in [9.17, 15) is 9.59 Å². The molecule has 0 spiro atoms. The summed E-state index contributed by atoms with van der Waals surface area (Å²) in [5.74, 6) is -0.00287. The van der Waals surface area contributed by atoms with Crippen LogP contribution < -0.4 is 10.1 Å². The minimum Gasteiger partial charge on any atom is -0.496 e. The van der Waals surface area contributed by atoms with Gasteiger partial charge in [-0.1, -0.05) is 15.9 Å². The zero-order chi connectivity index (χ0) is 19.4. The van der Waals surface area contributed by atoms with Gasteiger partial charge >= 0.3 is 5.97 Å². The van der Waals surface area contributed by atoms with Crippen LogP contribution in [0.5, 0.6) is 5.75 Å². The predicted molar refractivity (Wildman–Crippen MR) is 111 cm³/mol. The van der Waals surface area contributed by atoms with Gasteiger partial charge in [0.15, 0.2) is 0 Å². The van der Waals surface area contributed by atoms with E-state index < -0.39 is 0 Å². The molecule has 142 valence electrons. The smallest absolute Gasteiger partial charge is 0.341 e. The molecule has 0 bridgehead atoms. The largest absolute Gasteiger partial charge is 0.496 e. The van der Waals surface area contributed by atoms with Crippen LogP contribution in [0.1, 0.15) is 39.7 Å². The van der Waals surface area contributed by atoms with Crippen LogP contribution in [0.3, 0.4) is 0 Å². The zero-order valence-corrected chi connectivity index (χ0v) is 17.5. The standard InChI is InChI=1S/C20H20BrNO4S/c1-3-26-20(24)18-14-5-4-6-16(14)27-19(18)22-17(23)10-7-12-11-13(21)8-9-15(12)25-2/h7-11H,3-6H2,1-2H3,(H,22,23)/b10-7+. The van der Waals surface area contributed by atoms with Crippen LogP contribution >= 0.6 is 27.3 Å². The van der Waals surface area contributed by atoms with Crippen molar-refractivity contribution in [2.24, 2.45) is 0 Å². The van der Waals surface area contributed by atoms with E-state index in [1.54, 1.807) is 20.1 Å². The van der Waals surface area contributed by atoms with Crippen molar-refractivity contribution in [3.63, 3.8) is 0 Å². The summed E-state index contributed by atoms with van der Waals surface area (Å²) in [5, 5.41) is 3.40. The number of carbonyl (C=O) groups is 2. The summed E-state index contributed by atoms with van der Waals surface area (Å²) in [6.07, 6.45) is 5.94. The molecule has 0 radical (unpaired) electrons. The van der Waals surface area contributed by atoms with E-state index in [2.05, 4.69) is 21.2 Å². The number of rotatable bonds is 6. The number of hydrogen-bond acceptors (Lipinski definition) is 5. The molecular weight excluding hydrogens is 430 g/mol. The molecule has 0 aliphatic heterocycles. The Morgan fingerprint density at radius 2 is 2.15 bits per heavy atom. The molecule has 2 aromatic rings. The van der Waals surface area contributed by atoms with Crippen LogP contribution in [0.2, 0.25) is 0 Å². The summed E-state index contributed by atoms with van der Waals surface area (Å²) in [6.45, 7) is 2.08. The molecule has 1 N–H and O–H groups in total. The summed E-state index contributed by atoms with van der Waals surface area (Å²) >= 11 is 4.88. The Hall–Kier alpha value is -2.12. The first-order chi connectivity index (χ1) is 13.0. The summed E-state index contributed by atoms with van der Waals surface area (Å²) in [5.41, 5.74) is 2.31. The first kappa shape index (κ1) is 19.6. The van der Waals surface area contributed by atoms with Gasteiger partial charge in [-0.25, -0.2) is 4.79 Å². The fourth-order valence-electron chi connectivity index (χ4n) is 3.07. The fourth-order valence-corrected chi connectivity index (χ4v) is 4.73. The molecule has 0 saturated heterocycles. The third-order valence-corrected chi connectivity index (χ3v) is 5.94. The van der Waals surface area contributed by atoms with E-state index in [0.29, 0.717) is 22.9 Å². The Balaban J connectivity index is 1.81. The van der Waals surface area contributed by atoms with Crippen LogP contribution in [0.25, 0.3) is 6.08 Å².